The molecule has 0 saturated heterocycles. The largest absolute Gasteiger partial charge is 0.496 e. The molecule has 0 spiro atoms. The van der Waals surface area contributed by atoms with Crippen LogP contribution in [0.15, 0.2) is 29.4 Å². The first-order valence-corrected chi connectivity index (χ1v) is 10.9. The zero-order chi connectivity index (χ0) is 21.1. The van der Waals surface area contributed by atoms with E-state index in [1.54, 1.807) is 26.1 Å². The molecule has 2 saturated carbocycles. The molecule has 162 valence electrons. The zero-order valence-corrected chi connectivity index (χ0v) is 18.2. The van der Waals surface area contributed by atoms with Crippen molar-refractivity contribution in [3.05, 3.63) is 30.0 Å². The van der Waals surface area contributed by atoms with E-state index in [2.05, 4.69) is 26.7 Å². The monoisotopic (exact) mass is 411 g/mol. The summed E-state index contributed by atoms with van der Waals surface area (Å²) in [7, 11) is 5.23. The Balaban J connectivity index is 1.41. The van der Waals surface area contributed by atoms with Gasteiger partial charge in [0, 0.05) is 43.8 Å². The number of hydrogen-bond acceptors (Lipinski definition) is 3. The average Bonchev–Trinajstić information content (AvgIpc) is 3.47. The lowest BCUT2D eigenvalue weighted by Crippen LogP contribution is -2.46. The number of guanidine groups is 1. The molecule has 30 heavy (non-hydrogen) atoms. The van der Waals surface area contributed by atoms with Crippen LogP contribution >= 0.6 is 0 Å². The number of aromatic nitrogens is 1. The van der Waals surface area contributed by atoms with Gasteiger partial charge in [-0.05, 0) is 55.2 Å². The smallest absolute Gasteiger partial charge is 0.243 e. The minimum absolute atomic E-state index is 0.00501. The number of hydrogen-bond donors (Lipinski definition) is 3. The highest BCUT2D eigenvalue weighted by molar-refractivity contribution is 5.89. The van der Waals surface area contributed by atoms with Crippen molar-refractivity contribution in [1.29, 1.82) is 0 Å². The van der Waals surface area contributed by atoms with Gasteiger partial charge in [0.05, 0.1) is 7.11 Å². The molecular formula is C23H33N5O2. The zero-order valence-electron chi connectivity index (χ0n) is 18.2. The van der Waals surface area contributed by atoms with E-state index in [0.29, 0.717) is 6.04 Å². The number of nitrogens with zero attached hydrogens (tertiary/aromatic N) is 2. The van der Waals surface area contributed by atoms with E-state index in [1.165, 1.54) is 31.2 Å². The van der Waals surface area contributed by atoms with Crippen LogP contribution in [0.1, 0.15) is 31.2 Å². The minimum atomic E-state index is 0.00501. The van der Waals surface area contributed by atoms with E-state index < -0.39 is 0 Å². The van der Waals surface area contributed by atoms with Gasteiger partial charge in [0.15, 0.2) is 5.96 Å². The maximum absolute atomic E-state index is 12.0. The summed E-state index contributed by atoms with van der Waals surface area (Å²) < 4.78 is 5.54. The molecule has 2 aromatic rings. The fourth-order valence-electron chi connectivity index (χ4n) is 4.94. The highest BCUT2D eigenvalue weighted by Gasteiger charge is 2.39. The molecule has 2 fully saturated rings. The van der Waals surface area contributed by atoms with Gasteiger partial charge in [-0.1, -0.05) is 12.5 Å². The molecule has 1 amide bonds. The first-order chi connectivity index (χ1) is 14.5. The molecule has 7 nitrogen and oxygen atoms in total. The average molecular weight is 412 g/mol. The first kappa shape index (κ1) is 20.6. The summed E-state index contributed by atoms with van der Waals surface area (Å²) in [5, 5.41) is 8.20. The molecule has 3 atom stereocenters. The van der Waals surface area contributed by atoms with Crippen molar-refractivity contribution in [1.82, 2.24) is 20.5 Å². The van der Waals surface area contributed by atoms with Crippen LogP contribution in [0.2, 0.25) is 0 Å². The molecule has 2 aliphatic rings. The van der Waals surface area contributed by atoms with Crippen molar-refractivity contribution in [2.45, 2.75) is 38.1 Å². The van der Waals surface area contributed by atoms with E-state index in [9.17, 15) is 4.79 Å². The Morgan fingerprint density at radius 2 is 2.17 bits per heavy atom. The van der Waals surface area contributed by atoms with Crippen LogP contribution in [0.3, 0.4) is 0 Å². The van der Waals surface area contributed by atoms with Crippen molar-refractivity contribution in [2.75, 3.05) is 34.3 Å². The van der Waals surface area contributed by atoms with Gasteiger partial charge in [-0.15, -0.1) is 0 Å². The third-order valence-corrected chi connectivity index (χ3v) is 6.59. The van der Waals surface area contributed by atoms with Crippen LogP contribution in [0.5, 0.6) is 5.75 Å². The molecule has 2 aliphatic carbocycles. The molecule has 7 heteroatoms. The van der Waals surface area contributed by atoms with Gasteiger partial charge in [0.25, 0.3) is 0 Å². The van der Waals surface area contributed by atoms with Crippen LogP contribution in [-0.4, -0.2) is 62.1 Å². The number of likely N-dealkylation sites (N-methyl/N-ethyl adjacent to an activating group) is 1. The Labute approximate surface area is 178 Å². The van der Waals surface area contributed by atoms with Gasteiger partial charge in [-0.25, -0.2) is 4.99 Å². The Hall–Kier alpha value is -2.70. The molecule has 3 N–H and O–H groups in total. The fraction of sp³-hybridized carbons (Fsp3) is 0.565. The molecular weight excluding hydrogens is 378 g/mol. The number of carbonyl (C=O) groups excluding carboxylic acids is 1. The normalized spacial score (nSPS) is 23.0. The number of benzene rings is 1. The van der Waals surface area contributed by atoms with E-state index >= 15 is 0 Å². The van der Waals surface area contributed by atoms with Gasteiger partial charge < -0.3 is 25.3 Å². The number of H-pyrrole nitrogens is 1. The van der Waals surface area contributed by atoms with Crippen molar-refractivity contribution in [2.24, 2.45) is 16.8 Å². The van der Waals surface area contributed by atoms with Crippen molar-refractivity contribution >= 4 is 22.8 Å². The Bertz CT molecular complexity index is 919. The number of aromatic amines is 1. The number of methoxy groups -OCH3 is 1. The fourth-order valence-corrected chi connectivity index (χ4v) is 4.94. The number of carbonyl (C=O) groups is 1. The molecule has 2 bridgehead atoms. The molecule has 0 radical (unpaired) electrons. The third kappa shape index (κ3) is 4.40. The Morgan fingerprint density at radius 1 is 1.30 bits per heavy atom. The maximum Gasteiger partial charge on any atom is 0.243 e. The predicted molar refractivity (Wildman–Crippen MR) is 120 cm³/mol. The summed E-state index contributed by atoms with van der Waals surface area (Å²) in [6, 6.07) is 6.51. The number of rotatable bonds is 7. The highest BCUT2D eigenvalue weighted by atomic mass is 16.5. The van der Waals surface area contributed by atoms with Crippen molar-refractivity contribution in [3.8, 4) is 5.75 Å². The van der Waals surface area contributed by atoms with Crippen molar-refractivity contribution < 1.29 is 9.53 Å². The maximum atomic E-state index is 12.0. The SMILES string of the molecule is COc1cccc2[nH]cc(CCNC(=NCC(=O)N(C)C)NC3CC4CCC3C4)c12. The Morgan fingerprint density at radius 3 is 2.87 bits per heavy atom. The number of amides is 1. The second-order valence-corrected chi connectivity index (χ2v) is 8.75. The van der Waals surface area contributed by atoms with Gasteiger partial charge in [-0.2, -0.15) is 0 Å². The van der Waals surface area contributed by atoms with Gasteiger partial charge >= 0.3 is 0 Å². The van der Waals surface area contributed by atoms with Gasteiger partial charge in [0.1, 0.15) is 12.3 Å². The first-order valence-electron chi connectivity index (χ1n) is 10.9. The molecule has 1 aromatic heterocycles. The van der Waals surface area contributed by atoms with E-state index in [0.717, 1.165) is 47.4 Å². The predicted octanol–water partition coefficient (Wildman–Crippen LogP) is 2.53. The summed E-state index contributed by atoms with van der Waals surface area (Å²) in [4.78, 5) is 21.5. The minimum Gasteiger partial charge on any atom is -0.496 e. The Kier molecular flexibility index (Phi) is 6.16. The van der Waals surface area contributed by atoms with Crippen molar-refractivity contribution in [3.63, 3.8) is 0 Å². The lowest BCUT2D eigenvalue weighted by atomic mass is 9.95. The number of ether oxygens (including phenoxy) is 1. The van der Waals surface area contributed by atoms with Crippen LogP contribution in [0.25, 0.3) is 10.9 Å². The van der Waals surface area contributed by atoms with Crippen LogP contribution in [0.4, 0.5) is 0 Å². The quantitative estimate of drug-likeness (QED) is 0.483. The number of aliphatic imine (C=N–C) groups is 1. The summed E-state index contributed by atoms with van der Waals surface area (Å²) in [5.74, 6) is 3.23. The number of fused-ring (bicyclic) bond motifs is 3. The van der Waals surface area contributed by atoms with E-state index in [4.69, 9.17) is 4.74 Å². The van der Waals surface area contributed by atoms with Crippen LogP contribution in [-0.2, 0) is 11.2 Å². The topological polar surface area (TPSA) is 81.7 Å². The molecule has 1 heterocycles. The van der Waals surface area contributed by atoms with E-state index in [-0.39, 0.29) is 12.5 Å². The molecule has 4 rings (SSSR count). The summed E-state index contributed by atoms with van der Waals surface area (Å²) in [5.41, 5.74) is 2.29. The van der Waals surface area contributed by atoms with Gasteiger partial charge in [0.2, 0.25) is 5.91 Å². The number of nitrogens with one attached hydrogen (secondary N) is 3. The van der Waals surface area contributed by atoms with Crippen LogP contribution in [0, 0.1) is 11.8 Å². The van der Waals surface area contributed by atoms with Gasteiger partial charge in [-0.3, -0.25) is 4.79 Å². The summed E-state index contributed by atoms with van der Waals surface area (Å²) in [6.45, 7) is 0.887. The molecule has 1 aromatic carbocycles. The lowest BCUT2D eigenvalue weighted by Gasteiger charge is -2.25. The second-order valence-electron chi connectivity index (χ2n) is 8.75. The molecule has 3 unspecified atom stereocenters. The second kappa shape index (κ2) is 8.98. The standard InChI is InChI=1S/C23H33N5O2/c1-28(2)21(29)14-26-23(27-19-12-15-7-8-16(19)11-15)24-10-9-17-13-25-18-5-4-6-20(30-3)22(17)18/h4-6,13,15-16,19,25H,7-12,14H2,1-3H3,(H2,24,26,27). The summed E-state index contributed by atoms with van der Waals surface area (Å²) >= 11 is 0. The summed E-state index contributed by atoms with van der Waals surface area (Å²) in [6.07, 6.45) is 8.10. The van der Waals surface area contributed by atoms with Crippen LogP contribution < -0.4 is 15.4 Å². The van der Waals surface area contributed by atoms with E-state index in [1.807, 2.05) is 18.3 Å². The lowest BCUT2D eigenvalue weighted by molar-refractivity contribution is -0.127. The third-order valence-electron chi connectivity index (χ3n) is 6.59. The highest BCUT2D eigenvalue weighted by Crippen LogP contribution is 2.44. The molecule has 0 aliphatic heterocycles.